The van der Waals surface area contributed by atoms with Crippen LogP contribution in [0.3, 0.4) is 0 Å². The summed E-state index contributed by atoms with van der Waals surface area (Å²) >= 11 is 0. The third kappa shape index (κ3) is 6.15. The van der Waals surface area contributed by atoms with E-state index in [2.05, 4.69) is 43.6 Å². The van der Waals surface area contributed by atoms with Crippen LogP contribution in [0.2, 0.25) is 0 Å². The van der Waals surface area contributed by atoms with Crippen molar-refractivity contribution in [3.05, 3.63) is 101 Å². The number of nitrogens with zero attached hydrogens (tertiary/aromatic N) is 6. The largest absolute Gasteiger partial charge is 0.383 e. The molecule has 0 atom stereocenters. The maximum Gasteiger partial charge on any atom is 0.256 e. The first kappa shape index (κ1) is 28.1. The predicted octanol–water partition coefficient (Wildman–Crippen LogP) is 5.08. The Kier molecular flexibility index (Phi) is 8.00. The number of aryl methyl sites for hydroxylation is 1. The summed E-state index contributed by atoms with van der Waals surface area (Å²) in [7, 11) is 1.66. The molecule has 4 aromatic heterocycles. The second-order valence-corrected chi connectivity index (χ2v) is 10.2. The van der Waals surface area contributed by atoms with Gasteiger partial charge in [-0.2, -0.15) is 10.4 Å². The number of nitrogens with one attached hydrogen (secondary N) is 2. The maximum absolute atomic E-state index is 13.1. The van der Waals surface area contributed by atoms with Crippen molar-refractivity contribution in [3.63, 3.8) is 0 Å². The minimum atomic E-state index is -0.769. The average Bonchev–Trinajstić information content (AvgIpc) is 3.63. The lowest BCUT2D eigenvalue weighted by molar-refractivity contribution is 0.102. The van der Waals surface area contributed by atoms with Crippen LogP contribution >= 0.6 is 0 Å². The Labute approximate surface area is 244 Å². The molecule has 4 heterocycles. The van der Waals surface area contributed by atoms with Crippen LogP contribution < -0.4 is 10.6 Å². The number of nitriles is 1. The van der Waals surface area contributed by atoms with E-state index in [-0.39, 0.29) is 5.91 Å². The lowest BCUT2D eigenvalue weighted by atomic mass is 9.91. The molecule has 0 saturated carbocycles. The molecule has 0 unspecified atom stereocenters. The van der Waals surface area contributed by atoms with Crippen molar-refractivity contribution in [2.45, 2.75) is 32.7 Å². The number of ether oxygens (including phenoxy) is 1. The number of carbonyl (C=O) groups is 1. The first-order chi connectivity index (χ1) is 20.3. The van der Waals surface area contributed by atoms with E-state index in [1.807, 2.05) is 46.6 Å². The van der Waals surface area contributed by atoms with Crippen molar-refractivity contribution in [1.82, 2.24) is 24.1 Å². The Morgan fingerprint density at radius 1 is 1.12 bits per heavy atom. The molecule has 1 aromatic carbocycles. The third-order valence-corrected chi connectivity index (χ3v) is 6.71. The van der Waals surface area contributed by atoms with E-state index in [9.17, 15) is 10.1 Å². The van der Waals surface area contributed by atoms with Crippen LogP contribution in [0.15, 0.2) is 73.3 Å². The molecule has 0 saturated heterocycles. The maximum atomic E-state index is 13.1. The van der Waals surface area contributed by atoms with Crippen molar-refractivity contribution < 1.29 is 9.53 Å². The fraction of sp³-hybridized carbons (Fsp3) is 0.219. The molecule has 0 radical (unpaired) electrons. The van der Waals surface area contributed by atoms with Gasteiger partial charge in [-0.1, -0.05) is 18.1 Å². The molecule has 0 aliphatic carbocycles. The molecule has 0 aliphatic heterocycles. The molecule has 42 heavy (non-hydrogen) atoms. The van der Waals surface area contributed by atoms with Crippen LogP contribution in [0, 0.1) is 30.1 Å². The molecule has 10 heteroatoms. The summed E-state index contributed by atoms with van der Waals surface area (Å²) < 4.78 is 8.85. The van der Waals surface area contributed by atoms with E-state index in [4.69, 9.17) is 4.74 Å². The van der Waals surface area contributed by atoms with Crippen LogP contribution in [-0.4, -0.2) is 43.8 Å². The Balaban J connectivity index is 1.35. The lowest BCUT2D eigenvalue weighted by Gasteiger charge is -2.15. The van der Waals surface area contributed by atoms with Gasteiger partial charge in [0.1, 0.15) is 11.5 Å². The van der Waals surface area contributed by atoms with E-state index >= 15 is 0 Å². The normalized spacial score (nSPS) is 11.0. The summed E-state index contributed by atoms with van der Waals surface area (Å²) in [6, 6.07) is 16.7. The zero-order valence-corrected chi connectivity index (χ0v) is 23.8. The molecule has 10 nitrogen and oxygen atoms in total. The summed E-state index contributed by atoms with van der Waals surface area (Å²) in [4.78, 5) is 22.1. The van der Waals surface area contributed by atoms with E-state index in [1.165, 1.54) is 0 Å². The minimum Gasteiger partial charge on any atom is -0.383 e. The molecule has 0 fully saturated rings. The zero-order valence-electron chi connectivity index (χ0n) is 23.8. The minimum absolute atomic E-state index is 0.312. The van der Waals surface area contributed by atoms with Crippen LogP contribution in [0.25, 0.3) is 5.65 Å². The van der Waals surface area contributed by atoms with Crippen molar-refractivity contribution in [2.24, 2.45) is 0 Å². The van der Waals surface area contributed by atoms with Crippen molar-refractivity contribution >= 4 is 28.7 Å². The van der Waals surface area contributed by atoms with Crippen LogP contribution in [0.1, 0.15) is 46.7 Å². The number of benzene rings is 1. The van der Waals surface area contributed by atoms with Gasteiger partial charge in [0.05, 0.1) is 54.1 Å². The number of rotatable bonds is 8. The molecule has 0 aliphatic rings. The third-order valence-electron chi connectivity index (χ3n) is 6.71. The van der Waals surface area contributed by atoms with Crippen molar-refractivity contribution in [3.8, 4) is 17.9 Å². The number of imidazole rings is 1. The number of fused-ring (bicyclic) bond motifs is 1. The van der Waals surface area contributed by atoms with E-state index in [1.54, 1.807) is 63.7 Å². The van der Waals surface area contributed by atoms with Gasteiger partial charge in [-0.3, -0.25) is 13.9 Å². The number of methoxy groups -OCH3 is 1. The monoisotopic (exact) mass is 558 g/mol. The quantitative estimate of drug-likeness (QED) is 0.255. The first-order valence-corrected chi connectivity index (χ1v) is 13.3. The Morgan fingerprint density at radius 2 is 1.98 bits per heavy atom. The van der Waals surface area contributed by atoms with Crippen LogP contribution in [0.4, 0.5) is 17.2 Å². The van der Waals surface area contributed by atoms with Gasteiger partial charge in [0.25, 0.3) is 5.91 Å². The standard InChI is InChI=1S/C32H30N8O2/c1-22-10-11-24(31(41)38-29-9-5-8-28(37-29)32(2,3)21-33)17-23(22)12-13-26-19-34-30-27(7-6-14-40(26)30)36-25-18-35-39(20-25)15-16-42-4/h5-11,14,17-20,36H,15-16H2,1-4H3,(H,37,38,41). The molecule has 0 bridgehead atoms. The smallest absolute Gasteiger partial charge is 0.256 e. The highest BCUT2D eigenvalue weighted by Gasteiger charge is 2.22. The number of aromatic nitrogens is 5. The van der Waals surface area contributed by atoms with Crippen LogP contribution in [0.5, 0.6) is 0 Å². The number of carbonyl (C=O) groups excluding carboxylic acids is 1. The zero-order chi connectivity index (χ0) is 29.7. The first-order valence-electron chi connectivity index (χ1n) is 13.3. The summed E-state index contributed by atoms with van der Waals surface area (Å²) in [6.45, 7) is 6.77. The molecule has 1 amide bonds. The summed E-state index contributed by atoms with van der Waals surface area (Å²) in [6.07, 6.45) is 7.31. The number of pyridine rings is 2. The van der Waals surface area contributed by atoms with E-state index in [0.29, 0.717) is 35.9 Å². The van der Waals surface area contributed by atoms with Crippen molar-refractivity contribution in [1.29, 1.82) is 5.26 Å². The van der Waals surface area contributed by atoms with Gasteiger partial charge in [-0.05, 0) is 68.7 Å². The van der Waals surface area contributed by atoms with E-state index < -0.39 is 5.41 Å². The van der Waals surface area contributed by atoms with Gasteiger partial charge in [0.15, 0.2) is 5.65 Å². The van der Waals surface area contributed by atoms with Gasteiger partial charge in [-0.25, -0.2) is 9.97 Å². The highest BCUT2D eigenvalue weighted by molar-refractivity contribution is 6.04. The van der Waals surface area contributed by atoms with Gasteiger partial charge in [0.2, 0.25) is 0 Å². The van der Waals surface area contributed by atoms with Crippen molar-refractivity contribution in [2.75, 3.05) is 24.4 Å². The number of anilines is 3. The second-order valence-electron chi connectivity index (χ2n) is 10.2. The topological polar surface area (TPSA) is 122 Å². The fourth-order valence-corrected chi connectivity index (χ4v) is 4.22. The molecule has 5 aromatic rings. The Morgan fingerprint density at radius 3 is 2.79 bits per heavy atom. The predicted molar refractivity (Wildman–Crippen MR) is 161 cm³/mol. The average molecular weight is 559 g/mol. The fourth-order valence-electron chi connectivity index (χ4n) is 4.22. The molecule has 5 rings (SSSR count). The molecule has 2 N–H and O–H groups in total. The number of amides is 1. The summed E-state index contributed by atoms with van der Waals surface area (Å²) in [5, 5.41) is 20.0. The van der Waals surface area contributed by atoms with Crippen LogP contribution in [-0.2, 0) is 16.7 Å². The van der Waals surface area contributed by atoms with Gasteiger partial charge >= 0.3 is 0 Å². The number of hydrogen-bond donors (Lipinski definition) is 2. The second kappa shape index (κ2) is 12.0. The van der Waals surface area contributed by atoms with Gasteiger partial charge in [0, 0.05) is 30.6 Å². The highest BCUT2D eigenvalue weighted by atomic mass is 16.5. The Hall–Kier alpha value is -5.45. The Bertz CT molecular complexity index is 1870. The molecular weight excluding hydrogens is 528 g/mol. The SMILES string of the molecule is COCCn1cc(Nc2cccn3c(C#Cc4cc(C(=O)Nc5cccc(C(C)(C)C#N)n5)ccc4C)cnc23)cn1. The molecular formula is C32H30N8O2. The van der Waals surface area contributed by atoms with Gasteiger partial charge < -0.3 is 15.4 Å². The molecule has 0 spiro atoms. The number of hydrogen-bond acceptors (Lipinski definition) is 7. The summed E-state index contributed by atoms with van der Waals surface area (Å²) in [5.74, 6) is 6.48. The van der Waals surface area contributed by atoms with E-state index in [0.717, 1.165) is 28.1 Å². The molecule has 210 valence electrons. The van der Waals surface area contributed by atoms with Gasteiger partial charge in [-0.15, -0.1) is 0 Å². The lowest BCUT2D eigenvalue weighted by Crippen LogP contribution is -2.18. The highest BCUT2D eigenvalue weighted by Crippen LogP contribution is 2.23. The summed E-state index contributed by atoms with van der Waals surface area (Å²) in [5.41, 5.74) is 5.03.